The molecule has 4 rings (SSSR count). The van der Waals surface area contributed by atoms with Gasteiger partial charge in [-0.25, -0.2) is 4.79 Å². The van der Waals surface area contributed by atoms with Crippen molar-refractivity contribution in [1.82, 2.24) is 19.8 Å². The molecule has 0 spiro atoms. The minimum atomic E-state index is -0.237. The minimum Gasteiger partial charge on any atom is -0.337 e. The molecule has 0 bridgehead atoms. The van der Waals surface area contributed by atoms with Crippen LogP contribution >= 0.6 is 0 Å². The van der Waals surface area contributed by atoms with E-state index in [-0.39, 0.29) is 11.6 Å². The fraction of sp³-hybridized carbons (Fsp3) is 0.579. The number of aromatic nitrogens is 2. The number of H-pyrrole nitrogens is 2. The number of aromatic amines is 2. The zero-order valence-electron chi connectivity index (χ0n) is 14.6. The topological polar surface area (TPSA) is 72.2 Å². The van der Waals surface area contributed by atoms with Gasteiger partial charge in [-0.2, -0.15) is 0 Å². The lowest BCUT2D eigenvalue weighted by Crippen LogP contribution is -2.50. The van der Waals surface area contributed by atoms with Crippen molar-refractivity contribution in [1.29, 1.82) is 0 Å². The zero-order valence-corrected chi connectivity index (χ0v) is 14.6. The van der Waals surface area contributed by atoms with Gasteiger partial charge in [0.25, 0.3) is 5.91 Å². The van der Waals surface area contributed by atoms with Gasteiger partial charge in [-0.05, 0) is 57.0 Å². The van der Waals surface area contributed by atoms with Crippen LogP contribution in [-0.4, -0.2) is 57.9 Å². The molecule has 2 N–H and O–H groups in total. The summed E-state index contributed by atoms with van der Waals surface area (Å²) in [6.07, 6.45) is 7.48. The number of nitrogens with zero attached hydrogens (tertiary/aromatic N) is 2. The van der Waals surface area contributed by atoms with Gasteiger partial charge in [-0.3, -0.25) is 9.69 Å². The van der Waals surface area contributed by atoms with Crippen molar-refractivity contribution in [3.8, 4) is 0 Å². The molecular weight excluding hydrogens is 316 g/mol. The highest BCUT2D eigenvalue weighted by Gasteiger charge is 2.28. The van der Waals surface area contributed by atoms with E-state index in [1.165, 1.54) is 45.2 Å². The normalized spacial score (nSPS) is 22.9. The molecule has 1 amide bonds. The van der Waals surface area contributed by atoms with Gasteiger partial charge in [0.1, 0.15) is 0 Å². The van der Waals surface area contributed by atoms with E-state index in [1.807, 2.05) is 11.0 Å². The molecule has 0 aliphatic carbocycles. The Bertz CT molecular complexity index is 801. The standard InChI is InChI=1S/C19H26N4O2/c24-18(14-7-8-16-17(12-14)21-19(25)20-16)23-11-5-6-15(13-23)22-9-3-1-2-4-10-22/h7-8,12,15H,1-6,9-11,13H2,(H2,20,21,25)/t15-/m1/s1. The van der Waals surface area contributed by atoms with E-state index < -0.39 is 0 Å². The molecule has 1 aromatic carbocycles. The van der Waals surface area contributed by atoms with E-state index in [0.717, 1.165) is 25.0 Å². The molecule has 134 valence electrons. The third kappa shape index (κ3) is 3.49. The molecule has 2 aromatic rings. The lowest BCUT2D eigenvalue weighted by molar-refractivity contribution is 0.0579. The van der Waals surface area contributed by atoms with E-state index in [0.29, 0.717) is 17.1 Å². The molecule has 25 heavy (non-hydrogen) atoms. The van der Waals surface area contributed by atoms with Crippen LogP contribution in [0.3, 0.4) is 0 Å². The second-order valence-electron chi connectivity index (χ2n) is 7.34. The van der Waals surface area contributed by atoms with E-state index in [9.17, 15) is 9.59 Å². The summed E-state index contributed by atoms with van der Waals surface area (Å²) >= 11 is 0. The van der Waals surface area contributed by atoms with Gasteiger partial charge in [-0.1, -0.05) is 12.8 Å². The number of nitrogens with one attached hydrogen (secondary N) is 2. The predicted octanol–water partition coefficient (Wildman–Crippen LogP) is 2.34. The lowest BCUT2D eigenvalue weighted by atomic mass is 10.0. The van der Waals surface area contributed by atoms with E-state index in [4.69, 9.17) is 0 Å². The Kier molecular flexibility index (Phi) is 4.61. The van der Waals surface area contributed by atoms with Crippen molar-refractivity contribution in [2.75, 3.05) is 26.2 Å². The van der Waals surface area contributed by atoms with Crippen LogP contribution in [0.5, 0.6) is 0 Å². The Morgan fingerprint density at radius 2 is 1.72 bits per heavy atom. The largest absolute Gasteiger partial charge is 0.337 e. The fourth-order valence-corrected chi connectivity index (χ4v) is 4.25. The maximum atomic E-state index is 13.0. The first-order chi connectivity index (χ1) is 12.2. The van der Waals surface area contributed by atoms with Gasteiger partial charge < -0.3 is 14.9 Å². The van der Waals surface area contributed by atoms with Crippen molar-refractivity contribution in [2.24, 2.45) is 0 Å². The highest BCUT2D eigenvalue weighted by atomic mass is 16.2. The number of hydrogen-bond acceptors (Lipinski definition) is 3. The van der Waals surface area contributed by atoms with Crippen LogP contribution in [0.1, 0.15) is 48.9 Å². The maximum Gasteiger partial charge on any atom is 0.323 e. The molecule has 2 aliphatic heterocycles. The molecule has 3 heterocycles. The van der Waals surface area contributed by atoms with Crippen LogP contribution in [0, 0.1) is 0 Å². The molecule has 2 fully saturated rings. The maximum absolute atomic E-state index is 13.0. The summed E-state index contributed by atoms with van der Waals surface area (Å²) in [5, 5.41) is 0. The van der Waals surface area contributed by atoms with E-state index >= 15 is 0 Å². The van der Waals surface area contributed by atoms with Gasteiger partial charge in [0.15, 0.2) is 0 Å². The molecule has 6 heteroatoms. The third-order valence-corrected chi connectivity index (χ3v) is 5.60. The monoisotopic (exact) mass is 342 g/mol. The lowest BCUT2D eigenvalue weighted by Gasteiger charge is -2.39. The third-order valence-electron chi connectivity index (χ3n) is 5.60. The average molecular weight is 342 g/mol. The molecule has 1 aromatic heterocycles. The number of hydrogen-bond donors (Lipinski definition) is 2. The predicted molar refractivity (Wildman–Crippen MR) is 97.9 cm³/mol. The fourth-order valence-electron chi connectivity index (χ4n) is 4.25. The van der Waals surface area contributed by atoms with Crippen molar-refractivity contribution in [3.63, 3.8) is 0 Å². The highest BCUT2D eigenvalue weighted by molar-refractivity contribution is 5.97. The second-order valence-corrected chi connectivity index (χ2v) is 7.34. The number of piperidine rings is 1. The molecule has 0 radical (unpaired) electrons. The Morgan fingerprint density at radius 3 is 2.52 bits per heavy atom. The van der Waals surface area contributed by atoms with Crippen molar-refractivity contribution in [3.05, 3.63) is 34.2 Å². The molecule has 6 nitrogen and oxygen atoms in total. The summed E-state index contributed by atoms with van der Waals surface area (Å²) in [5.74, 6) is 0.0727. The molecular formula is C19H26N4O2. The first kappa shape index (κ1) is 16.4. The van der Waals surface area contributed by atoms with E-state index in [1.54, 1.807) is 12.1 Å². The van der Waals surface area contributed by atoms with Gasteiger partial charge in [0.05, 0.1) is 11.0 Å². The number of imidazole rings is 1. The number of benzene rings is 1. The number of likely N-dealkylation sites (tertiary alicyclic amines) is 2. The summed E-state index contributed by atoms with van der Waals surface area (Å²) in [5.41, 5.74) is 1.85. The summed E-state index contributed by atoms with van der Waals surface area (Å²) in [7, 11) is 0. The first-order valence-corrected chi connectivity index (χ1v) is 9.46. The first-order valence-electron chi connectivity index (χ1n) is 9.46. The van der Waals surface area contributed by atoms with Crippen molar-refractivity contribution < 1.29 is 4.79 Å². The summed E-state index contributed by atoms with van der Waals surface area (Å²) in [6, 6.07) is 5.89. The van der Waals surface area contributed by atoms with Gasteiger partial charge in [0.2, 0.25) is 0 Å². The van der Waals surface area contributed by atoms with Gasteiger partial charge in [0, 0.05) is 24.7 Å². The Morgan fingerprint density at radius 1 is 0.960 bits per heavy atom. The smallest absolute Gasteiger partial charge is 0.323 e. The van der Waals surface area contributed by atoms with Gasteiger partial charge >= 0.3 is 5.69 Å². The molecule has 0 saturated carbocycles. The summed E-state index contributed by atoms with van der Waals surface area (Å²) in [6.45, 7) is 3.98. The molecule has 2 aliphatic rings. The van der Waals surface area contributed by atoms with Crippen LogP contribution in [0.4, 0.5) is 0 Å². The minimum absolute atomic E-state index is 0.0727. The van der Waals surface area contributed by atoms with Crippen LogP contribution in [-0.2, 0) is 0 Å². The number of carbonyl (C=O) groups excluding carboxylic acids is 1. The van der Waals surface area contributed by atoms with Gasteiger partial charge in [-0.15, -0.1) is 0 Å². The highest BCUT2D eigenvalue weighted by Crippen LogP contribution is 2.22. The Balaban J connectivity index is 1.49. The van der Waals surface area contributed by atoms with Crippen LogP contribution in [0.2, 0.25) is 0 Å². The van der Waals surface area contributed by atoms with Crippen LogP contribution in [0.15, 0.2) is 23.0 Å². The Hall–Kier alpha value is -2.08. The number of carbonyl (C=O) groups is 1. The van der Waals surface area contributed by atoms with Crippen LogP contribution in [0.25, 0.3) is 11.0 Å². The number of amides is 1. The van der Waals surface area contributed by atoms with E-state index in [2.05, 4.69) is 14.9 Å². The molecule has 1 atom stereocenters. The summed E-state index contributed by atoms with van der Waals surface area (Å²) in [4.78, 5) is 34.4. The average Bonchev–Trinajstić information content (AvgIpc) is 2.83. The SMILES string of the molecule is O=C(c1ccc2[nH]c(=O)[nH]c2c1)N1CCC[C@@H](N2CCCCCC2)C1. The number of rotatable bonds is 2. The van der Waals surface area contributed by atoms with Crippen molar-refractivity contribution in [2.45, 2.75) is 44.6 Å². The van der Waals surface area contributed by atoms with Crippen molar-refractivity contribution >= 4 is 16.9 Å². The molecule has 0 unspecified atom stereocenters. The summed E-state index contributed by atoms with van der Waals surface area (Å²) < 4.78 is 0. The Labute approximate surface area is 147 Å². The molecule has 2 saturated heterocycles. The van der Waals surface area contributed by atoms with Crippen LogP contribution < -0.4 is 5.69 Å². The zero-order chi connectivity index (χ0) is 17.2. The number of fused-ring (bicyclic) bond motifs is 1. The quantitative estimate of drug-likeness (QED) is 0.880. The second kappa shape index (κ2) is 7.04.